The van der Waals surface area contributed by atoms with Gasteiger partial charge in [-0.25, -0.2) is 8.42 Å². The van der Waals surface area contributed by atoms with Crippen molar-refractivity contribution < 1.29 is 59.0 Å². The van der Waals surface area contributed by atoms with Crippen molar-refractivity contribution in [3.05, 3.63) is 59.7 Å². The molecule has 1 aliphatic heterocycles. The Morgan fingerprint density at radius 2 is 1.45 bits per heavy atom. The van der Waals surface area contributed by atoms with Crippen molar-refractivity contribution in [2.75, 3.05) is 39.3 Å². The number of carboxylic acids is 1. The average Bonchev–Trinajstić information content (AvgIpc) is 2.90. The normalized spacial score (nSPS) is 16.0. The second-order valence-electron chi connectivity index (χ2n) is 9.21. The topological polar surface area (TPSA) is 133 Å². The van der Waals surface area contributed by atoms with E-state index in [0.29, 0.717) is 0 Å². The van der Waals surface area contributed by atoms with Crippen LogP contribution in [0.2, 0.25) is 0 Å². The Morgan fingerprint density at radius 1 is 0.905 bits per heavy atom. The summed E-state index contributed by atoms with van der Waals surface area (Å²) in [6.07, 6.45) is -11.2. The Balaban J connectivity index is 1.60. The van der Waals surface area contributed by atoms with Crippen molar-refractivity contribution in [2.45, 2.75) is 29.7 Å². The van der Waals surface area contributed by atoms with E-state index in [4.69, 9.17) is 9.84 Å². The van der Waals surface area contributed by atoms with Gasteiger partial charge in [-0.15, -0.1) is 0 Å². The maximum atomic E-state index is 13.1. The molecule has 1 heterocycles. The van der Waals surface area contributed by atoms with Crippen LogP contribution in [-0.2, 0) is 36.8 Å². The zero-order valence-corrected chi connectivity index (χ0v) is 22.4. The Kier molecular flexibility index (Phi) is 10.2. The van der Waals surface area contributed by atoms with Crippen LogP contribution in [0.1, 0.15) is 17.5 Å². The molecule has 1 fully saturated rings. The zero-order valence-electron chi connectivity index (χ0n) is 21.6. The van der Waals surface area contributed by atoms with E-state index in [1.54, 1.807) is 23.1 Å². The smallest absolute Gasteiger partial charge is 0.416 e. The van der Waals surface area contributed by atoms with Gasteiger partial charge in [-0.2, -0.15) is 30.6 Å². The highest BCUT2D eigenvalue weighted by molar-refractivity contribution is 7.89. The lowest BCUT2D eigenvalue weighted by molar-refractivity contribution is -0.144. The molecular weight excluding hydrogens is 600 g/mol. The SMILES string of the molecule is O=C(O)CC(NC(=O)CN1CCN(S(=O)(=O)c2ccccc2)CC1)C(=O)COc1cc(C(F)(F)F)cc(C(F)(F)F)c1. The molecule has 0 spiro atoms. The molecule has 0 bridgehead atoms. The number of ketones is 1. The van der Waals surface area contributed by atoms with E-state index >= 15 is 0 Å². The Hall–Kier alpha value is -3.70. The molecule has 2 aromatic rings. The number of ether oxygens (including phenoxy) is 1. The number of hydrogen-bond donors (Lipinski definition) is 2. The minimum atomic E-state index is -5.15. The van der Waals surface area contributed by atoms with Gasteiger partial charge in [-0.3, -0.25) is 19.3 Å². The number of rotatable bonds is 11. The molecule has 10 nitrogen and oxygen atoms in total. The third-order valence-electron chi connectivity index (χ3n) is 6.12. The number of hydrogen-bond acceptors (Lipinski definition) is 7. The maximum absolute atomic E-state index is 13.1. The molecule has 0 saturated carbocycles. The lowest BCUT2D eigenvalue weighted by atomic mass is 10.1. The lowest BCUT2D eigenvalue weighted by Crippen LogP contribution is -2.53. The fraction of sp³-hybridized carbons (Fsp3) is 0.400. The van der Waals surface area contributed by atoms with Crippen LogP contribution in [0.3, 0.4) is 0 Å². The molecule has 2 aromatic carbocycles. The van der Waals surface area contributed by atoms with Crippen LogP contribution in [0.5, 0.6) is 5.75 Å². The van der Waals surface area contributed by atoms with Gasteiger partial charge >= 0.3 is 18.3 Å². The predicted molar refractivity (Wildman–Crippen MR) is 133 cm³/mol. The highest BCUT2D eigenvalue weighted by atomic mass is 32.2. The summed E-state index contributed by atoms with van der Waals surface area (Å²) >= 11 is 0. The highest BCUT2D eigenvalue weighted by Crippen LogP contribution is 2.38. The Morgan fingerprint density at radius 3 is 1.95 bits per heavy atom. The van der Waals surface area contributed by atoms with E-state index in [1.165, 1.54) is 16.4 Å². The number of Topliss-reactive ketones (excluding diaryl/α,β-unsaturated/α-hetero) is 1. The number of alkyl halides is 6. The maximum Gasteiger partial charge on any atom is 0.416 e. The lowest BCUT2D eigenvalue weighted by Gasteiger charge is -2.33. The first-order chi connectivity index (χ1) is 19.5. The molecule has 1 amide bonds. The summed E-state index contributed by atoms with van der Waals surface area (Å²) < 4.78 is 110. The number of carbonyl (C=O) groups is 3. The van der Waals surface area contributed by atoms with Gasteiger partial charge in [-0.05, 0) is 30.3 Å². The number of carboxylic acid groups (broad SMARTS) is 1. The molecule has 42 heavy (non-hydrogen) atoms. The summed E-state index contributed by atoms with van der Waals surface area (Å²) in [4.78, 5) is 38.1. The van der Waals surface area contributed by atoms with Gasteiger partial charge in [0.05, 0.1) is 29.0 Å². The number of nitrogens with one attached hydrogen (secondary N) is 1. The molecule has 0 aliphatic carbocycles. The standard InChI is InChI=1S/C25H25F6N3O7S/c26-24(27,28)16-10-17(25(29,30)31)12-18(11-16)41-15-21(35)20(13-23(37)38)32-22(36)14-33-6-8-34(9-7-33)42(39,40)19-4-2-1-3-5-19/h1-5,10-12,20H,6-9,13-15H2,(H,32,36)(H,37,38). The molecule has 2 N–H and O–H groups in total. The zero-order chi connectivity index (χ0) is 31.3. The van der Waals surface area contributed by atoms with Crippen LogP contribution in [0.25, 0.3) is 0 Å². The van der Waals surface area contributed by atoms with Crippen molar-refractivity contribution in [1.82, 2.24) is 14.5 Å². The molecule has 1 saturated heterocycles. The fourth-order valence-corrected chi connectivity index (χ4v) is 5.44. The Labute approximate surface area is 235 Å². The second-order valence-corrected chi connectivity index (χ2v) is 11.1. The molecule has 17 heteroatoms. The summed E-state index contributed by atoms with van der Waals surface area (Å²) in [5, 5.41) is 11.3. The molecule has 0 radical (unpaired) electrons. The first-order valence-electron chi connectivity index (χ1n) is 12.2. The molecule has 0 aromatic heterocycles. The van der Waals surface area contributed by atoms with E-state index in [0.717, 1.165) is 0 Å². The molecule has 3 rings (SSSR count). The van der Waals surface area contributed by atoms with Crippen LogP contribution in [-0.4, -0.2) is 85.8 Å². The number of piperazine rings is 1. The summed E-state index contributed by atoms with van der Waals surface area (Å²) in [7, 11) is -3.75. The largest absolute Gasteiger partial charge is 0.486 e. The molecule has 1 aliphatic rings. The van der Waals surface area contributed by atoms with Crippen LogP contribution in [0, 0.1) is 0 Å². The molecule has 230 valence electrons. The van der Waals surface area contributed by atoms with E-state index in [2.05, 4.69) is 5.32 Å². The average molecular weight is 626 g/mol. The number of halogens is 6. The highest BCUT2D eigenvalue weighted by Gasteiger charge is 2.37. The van der Waals surface area contributed by atoms with Crippen molar-refractivity contribution in [3.8, 4) is 5.75 Å². The van der Waals surface area contributed by atoms with Gasteiger partial charge in [0.25, 0.3) is 0 Å². The van der Waals surface area contributed by atoms with Crippen LogP contribution in [0.4, 0.5) is 26.3 Å². The quantitative estimate of drug-likeness (QED) is 0.365. The van der Waals surface area contributed by atoms with E-state index in [9.17, 15) is 49.1 Å². The van der Waals surface area contributed by atoms with E-state index in [1.807, 2.05) is 0 Å². The second kappa shape index (κ2) is 13.1. The van der Waals surface area contributed by atoms with Crippen molar-refractivity contribution >= 4 is 27.7 Å². The first kappa shape index (κ1) is 32.8. The number of sulfonamides is 1. The minimum Gasteiger partial charge on any atom is -0.486 e. The van der Waals surface area contributed by atoms with Gasteiger partial charge < -0.3 is 15.2 Å². The van der Waals surface area contributed by atoms with Gasteiger partial charge in [0.1, 0.15) is 18.4 Å². The fourth-order valence-electron chi connectivity index (χ4n) is 4.00. The molecular formula is C25H25F6N3O7S. The first-order valence-corrected chi connectivity index (χ1v) is 13.6. The van der Waals surface area contributed by atoms with Crippen LogP contribution in [0.15, 0.2) is 53.4 Å². The van der Waals surface area contributed by atoms with Gasteiger partial charge in [0, 0.05) is 26.2 Å². The summed E-state index contributed by atoms with van der Waals surface area (Å²) in [5.41, 5.74) is -3.35. The number of carbonyl (C=O) groups excluding carboxylic acids is 2. The predicted octanol–water partition coefficient (Wildman–Crippen LogP) is 2.64. The molecule has 1 atom stereocenters. The van der Waals surface area contributed by atoms with Gasteiger partial charge in [0.15, 0.2) is 5.78 Å². The van der Waals surface area contributed by atoms with Gasteiger partial charge in [-0.1, -0.05) is 18.2 Å². The monoisotopic (exact) mass is 625 g/mol. The number of amides is 1. The summed E-state index contributed by atoms with van der Waals surface area (Å²) in [6.45, 7) is -1.10. The van der Waals surface area contributed by atoms with Crippen molar-refractivity contribution in [3.63, 3.8) is 0 Å². The summed E-state index contributed by atoms with van der Waals surface area (Å²) in [5.74, 6) is -4.39. The summed E-state index contributed by atoms with van der Waals surface area (Å²) in [6, 6.07) is 6.39. The van der Waals surface area contributed by atoms with Crippen molar-refractivity contribution in [1.29, 1.82) is 0 Å². The number of benzene rings is 2. The number of nitrogens with zero attached hydrogens (tertiary/aromatic N) is 2. The van der Waals surface area contributed by atoms with Crippen LogP contribution >= 0.6 is 0 Å². The van der Waals surface area contributed by atoms with Crippen LogP contribution < -0.4 is 10.1 Å². The minimum absolute atomic E-state index is 0.0483. The van der Waals surface area contributed by atoms with E-state index in [-0.39, 0.29) is 55.8 Å². The third-order valence-corrected chi connectivity index (χ3v) is 8.04. The molecule has 1 unspecified atom stereocenters. The van der Waals surface area contributed by atoms with Crippen molar-refractivity contribution in [2.24, 2.45) is 0 Å². The number of aliphatic carboxylic acids is 1. The Bertz CT molecular complexity index is 1360. The van der Waals surface area contributed by atoms with E-state index < -0.39 is 76.0 Å². The van der Waals surface area contributed by atoms with Gasteiger partial charge in [0.2, 0.25) is 15.9 Å². The third kappa shape index (κ3) is 8.90.